The van der Waals surface area contributed by atoms with Crippen LogP contribution in [0.5, 0.6) is 0 Å². The van der Waals surface area contributed by atoms with E-state index in [-0.39, 0.29) is 25.7 Å². The van der Waals surface area contributed by atoms with Gasteiger partial charge in [-0.15, -0.1) is 0 Å². The molecular formula is C80H156O17P2. The number of phosphoric ester groups is 2. The normalized spacial score (nSPS) is 14.8. The summed E-state index contributed by atoms with van der Waals surface area (Å²) in [5.41, 5.74) is 0. The van der Waals surface area contributed by atoms with E-state index >= 15 is 0 Å². The molecule has 0 spiro atoms. The monoisotopic (exact) mass is 1450 g/mol. The SMILES string of the molecule is CCCCCCCC(=O)OC[C@H](COP(=O)(O)OC[C@H](O)COP(=O)(O)OC[C@@H](COC(=O)CCCCCCCCCCCCCCCCCCCCC(C)CC)OC(=O)CCCCCCCCCCCCCCCCCCCCC(C)CC)OC(=O)CCCCCCCCC(C)CC. The average Bonchev–Trinajstić information content (AvgIpc) is 1.15. The second-order valence-corrected chi connectivity index (χ2v) is 32.4. The highest BCUT2D eigenvalue weighted by molar-refractivity contribution is 7.47. The fourth-order valence-corrected chi connectivity index (χ4v) is 13.8. The van der Waals surface area contributed by atoms with Gasteiger partial charge in [0.05, 0.1) is 26.4 Å². The molecule has 0 aromatic heterocycles. The number of ether oxygens (including phenoxy) is 4. The Bertz CT molecular complexity index is 1930. The van der Waals surface area contributed by atoms with Gasteiger partial charge in [0.1, 0.15) is 19.3 Å². The predicted molar refractivity (Wildman–Crippen MR) is 405 cm³/mol. The van der Waals surface area contributed by atoms with Gasteiger partial charge in [0.2, 0.25) is 0 Å². The molecule has 0 heterocycles. The molecule has 0 aromatic carbocycles. The molecule has 99 heavy (non-hydrogen) atoms. The van der Waals surface area contributed by atoms with E-state index in [1.54, 1.807) is 0 Å². The van der Waals surface area contributed by atoms with Crippen molar-refractivity contribution in [1.29, 1.82) is 0 Å². The fourth-order valence-electron chi connectivity index (χ4n) is 12.2. The van der Waals surface area contributed by atoms with Crippen molar-refractivity contribution in [1.82, 2.24) is 0 Å². The molecule has 0 bridgehead atoms. The number of aliphatic hydroxyl groups excluding tert-OH is 1. The van der Waals surface area contributed by atoms with Crippen molar-refractivity contribution in [2.45, 2.75) is 433 Å². The summed E-state index contributed by atoms with van der Waals surface area (Å²) < 4.78 is 68.3. The molecule has 0 rings (SSSR count). The van der Waals surface area contributed by atoms with Crippen LogP contribution in [0.3, 0.4) is 0 Å². The Labute approximate surface area is 607 Å². The average molecular weight is 1450 g/mol. The summed E-state index contributed by atoms with van der Waals surface area (Å²) in [6.45, 7) is 11.9. The van der Waals surface area contributed by atoms with Gasteiger partial charge >= 0.3 is 39.5 Å². The van der Waals surface area contributed by atoms with E-state index in [2.05, 4.69) is 48.5 Å². The Hall–Kier alpha value is -1.94. The van der Waals surface area contributed by atoms with Crippen LogP contribution in [-0.4, -0.2) is 96.7 Å². The number of rotatable bonds is 78. The summed E-state index contributed by atoms with van der Waals surface area (Å²) in [5.74, 6) is 0.336. The number of esters is 4. The fraction of sp³-hybridized carbons (Fsp3) is 0.950. The van der Waals surface area contributed by atoms with Gasteiger partial charge < -0.3 is 33.8 Å². The summed E-state index contributed by atoms with van der Waals surface area (Å²) in [7, 11) is -9.90. The molecule has 0 amide bonds. The minimum absolute atomic E-state index is 0.102. The molecule has 0 saturated carbocycles. The molecule has 588 valence electrons. The Morgan fingerprint density at radius 1 is 0.283 bits per heavy atom. The third-order valence-corrected chi connectivity index (χ3v) is 21.6. The lowest BCUT2D eigenvalue weighted by molar-refractivity contribution is -0.161. The zero-order valence-corrected chi connectivity index (χ0v) is 66.8. The van der Waals surface area contributed by atoms with Crippen LogP contribution in [0.25, 0.3) is 0 Å². The van der Waals surface area contributed by atoms with Gasteiger partial charge in [0, 0.05) is 25.7 Å². The first kappa shape index (κ1) is 97.1. The lowest BCUT2D eigenvalue weighted by atomic mass is 9.99. The molecule has 0 saturated heterocycles. The van der Waals surface area contributed by atoms with E-state index in [0.717, 1.165) is 114 Å². The van der Waals surface area contributed by atoms with Crippen LogP contribution in [0, 0.1) is 17.8 Å². The minimum atomic E-state index is -4.96. The zero-order chi connectivity index (χ0) is 73.0. The molecule has 3 N–H and O–H groups in total. The number of unbranched alkanes of at least 4 members (excludes halogenated alkanes) is 43. The van der Waals surface area contributed by atoms with Crippen molar-refractivity contribution in [2.24, 2.45) is 17.8 Å². The third kappa shape index (κ3) is 70.2. The lowest BCUT2D eigenvalue weighted by Crippen LogP contribution is -2.30. The Kier molecular flexibility index (Phi) is 69.0. The van der Waals surface area contributed by atoms with E-state index in [4.69, 9.17) is 37.0 Å². The molecule has 0 aliphatic rings. The van der Waals surface area contributed by atoms with Crippen LogP contribution < -0.4 is 0 Å². The molecule has 0 radical (unpaired) electrons. The van der Waals surface area contributed by atoms with Gasteiger partial charge in [-0.3, -0.25) is 37.3 Å². The molecule has 0 aliphatic heterocycles. The van der Waals surface area contributed by atoms with E-state index in [1.807, 2.05) is 0 Å². The van der Waals surface area contributed by atoms with Crippen LogP contribution in [0.15, 0.2) is 0 Å². The number of hydrogen-bond donors (Lipinski definition) is 3. The molecule has 0 aliphatic carbocycles. The van der Waals surface area contributed by atoms with Gasteiger partial charge in [-0.2, -0.15) is 0 Å². The number of phosphoric acid groups is 2. The smallest absolute Gasteiger partial charge is 0.462 e. The molecular weight excluding hydrogens is 1290 g/mol. The molecule has 0 aromatic rings. The van der Waals surface area contributed by atoms with Gasteiger partial charge in [0.25, 0.3) is 0 Å². The number of carbonyl (C=O) groups excluding carboxylic acids is 4. The maximum absolute atomic E-state index is 13.1. The first-order valence-corrected chi connectivity index (χ1v) is 44.5. The predicted octanol–water partition coefficient (Wildman–Crippen LogP) is 23.7. The second-order valence-electron chi connectivity index (χ2n) is 29.5. The Morgan fingerprint density at radius 2 is 0.485 bits per heavy atom. The molecule has 19 heteroatoms. The molecule has 17 nitrogen and oxygen atoms in total. The number of carbonyl (C=O) groups is 4. The maximum Gasteiger partial charge on any atom is 0.472 e. The van der Waals surface area contributed by atoms with Crippen LogP contribution in [0.4, 0.5) is 0 Å². The van der Waals surface area contributed by atoms with Gasteiger partial charge in [-0.25, -0.2) is 9.13 Å². The summed E-state index contributed by atoms with van der Waals surface area (Å²) >= 11 is 0. The van der Waals surface area contributed by atoms with E-state index in [9.17, 15) is 43.2 Å². The third-order valence-electron chi connectivity index (χ3n) is 19.7. The number of hydrogen-bond acceptors (Lipinski definition) is 15. The van der Waals surface area contributed by atoms with E-state index in [0.29, 0.717) is 25.7 Å². The van der Waals surface area contributed by atoms with Crippen molar-refractivity contribution < 1.29 is 80.2 Å². The summed E-state index contributed by atoms with van der Waals surface area (Å²) in [5, 5.41) is 10.6. The second kappa shape index (κ2) is 70.4. The summed E-state index contributed by atoms with van der Waals surface area (Å²) in [6, 6.07) is 0. The first-order valence-electron chi connectivity index (χ1n) is 41.5. The van der Waals surface area contributed by atoms with Crippen molar-refractivity contribution in [2.75, 3.05) is 39.6 Å². The zero-order valence-electron chi connectivity index (χ0n) is 65.0. The van der Waals surface area contributed by atoms with Crippen LogP contribution in [-0.2, 0) is 65.4 Å². The van der Waals surface area contributed by atoms with Crippen molar-refractivity contribution in [3.63, 3.8) is 0 Å². The highest BCUT2D eigenvalue weighted by Gasteiger charge is 2.30. The van der Waals surface area contributed by atoms with Gasteiger partial charge in [-0.1, -0.05) is 363 Å². The van der Waals surface area contributed by atoms with Crippen LogP contribution in [0.1, 0.15) is 414 Å². The highest BCUT2D eigenvalue weighted by atomic mass is 31.2. The quantitative estimate of drug-likeness (QED) is 0.0222. The van der Waals surface area contributed by atoms with Crippen molar-refractivity contribution in [3.05, 3.63) is 0 Å². The molecule has 0 fully saturated rings. The van der Waals surface area contributed by atoms with Crippen LogP contribution in [0.2, 0.25) is 0 Å². The first-order chi connectivity index (χ1) is 47.8. The summed E-state index contributed by atoms with van der Waals surface area (Å²) in [4.78, 5) is 72.6. The standard InChI is InChI=1S/C80H156O17P2/c1-8-12-13-44-54-61-77(82)90-67-75(97-80(85)64-57-50-43-42-47-53-60-73(7)11-4)69-94-98(86,87)92-65-74(81)66-93-99(88,89)95-70-76(96-79(84)63-56-49-41-37-33-29-25-21-17-15-19-23-27-31-35-39-46-52-59-72(6)10-3)68-91-78(83)62-55-48-40-36-32-28-24-20-16-14-18-22-26-30-34-38-45-51-58-71(5)9-2/h71-76,81H,8-70H2,1-7H3,(H,86,87)(H,88,89)/t71?,72?,73?,74-,75+,76+/m0/s1. The minimum Gasteiger partial charge on any atom is -0.462 e. The number of aliphatic hydroxyl groups is 1. The van der Waals surface area contributed by atoms with Crippen molar-refractivity contribution >= 4 is 39.5 Å². The van der Waals surface area contributed by atoms with Crippen molar-refractivity contribution in [3.8, 4) is 0 Å². The Morgan fingerprint density at radius 3 is 0.717 bits per heavy atom. The largest absolute Gasteiger partial charge is 0.472 e. The Balaban J connectivity index is 5.09. The summed E-state index contributed by atoms with van der Waals surface area (Å²) in [6.07, 6.45) is 59.0. The maximum atomic E-state index is 13.1. The lowest BCUT2D eigenvalue weighted by Gasteiger charge is -2.21. The van der Waals surface area contributed by atoms with Gasteiger partial charge in [-0.05, 0) is 43.4 Å². The molecule has 5 unspecified atom stereocenters. The molecule has 8 atom stereocenters. The van der Waals surface area contributed by atoms with E-state index in [1.165, 1.54) is 218 Å². The highest BCUT2D eigenvalue weighted by Crippen LogP contribution is 2.45. The van der Waals surface area contributed by atoms with Crippen LogP contribution >= 0.6 is 15.6 Å². The van der Waals surface area contributed by atoms with E-state index < -0.39 is 97.5 Å². The topological polar surface area (TPSA) is 237 Å². The van der Waals surface area contributed by atoms with Gasteiger partial charge in [0.15, 0.2) is 12.2 Å².